The lowest BCUT2D eigenvalue weighted by molar-refractivity contribution is 0.366. The second-order valence-corrected chi connectivity index (χ2v) is 5.06. The van der Waals surface area contributed by atoms with Crippen LogP contribution in [0.3, 0.4) is 0 Å². The summed E-state index contributed by atoms with van der Waals surface area (Å²) in [6.45, 7) is -0.120. The number of nitrogens with one attached hydrogen (secondary N) is 2. The zero-order valence-electron chi connectivity index (χ0n) is 12.2. The molecule has 0 fully saturated rings. The molecule has 3 rings (SSSR count). The first-order valence-electron chi connectivity index (χ1n) is 7.01. The maximum atomic E-state index is 12.4. The zero-order chi connectivity index (χ0) is 16.4. The molecule has 8 heteroatoms. The van der Waals surface area contributed by atoms with Gasteiger partial charge in [-0.05, 0) is 18.3 Å². The number of imidazole rings is 1. The lowest BCUT2D eigenvalue weighted by Gasteiger charge is -2.19. The van der Waals surface area contributed by atoms with E-state index in [2.05, 4.69) is 10.3 Å². The van der Waals surface area contributed by atoms with E-state index in [1.54, 1.807) is 30.5 Å². The Morgan fingerprint density at radius 2 is 2.17 bits per heavy atom. The second kappa shape index (κ2) is 5.90. The van der Waals surface area contributed by atoms with Crippen LogP contribution >= 0.6 is 0 Å². The van der Waals surface area contributed by atoms with Crippen LogP contribution in [0.4, 0.5) is 5.82 Å². The number of aromatic amines is 1. The summed E-state index contributed by atoms with van der Waals surface area (Å²) in [4.78, 5) is 15.0. The number of nitrogen functional groups attached to an aromatic ring is 1. The molecule has 1 aromatic heterocycles. The lowest BCUT2D eigenvalue weighted by atomic mass is 10.0. The van der Waals surface area contributed by atoms with Crippen LogP contribution in [0.2, 0.25) is 0 Å². The average Bonchev–Trinajstić information content (AvgIpc) is 3.08. The van der Waals surface area contributed by atoms with E-state index in [0.29, 0.717) is 17.1 Å². The Kier molecular flexibility index (Phi) is 3.78. The molecule has 1 aliphatic heterocycles. The van der Waals surface area contributed by atoms with E-state index in [4.69, 9.17) is 21.5 Å². The van der Waals surface area contributed by atoms with Gasteiger partial charge in [-0.3, -0.25) is 9.55 Å². The van der Waals surface area contributed by atoms with Crippen molar-refractivity contribution in [2.45, 2.75) is 12.1 Å². The molecule has 6 N–H and O–H groups in total. The van der Waals surface area contributed by atoms with Crippen LogP contribution in [0.5, 0.6) is 5.75 Å². The highest BCUT2D eigenvalue weighted by Crippen LogP contribution is 2.31. The largest absolute Gasteiger partial charge is 0.477 e. The number of nitrogens with two attached hydrogens (primary N) is 2. The number of H-pyrrole nitrogens is 1. The van der Waals surface area contributed by atoms with Crippen molar-refractivity contribution in [3.63, 3.8) is 0 Å². The van der Waals surface area contributed by atoms with Gasteiger partial charge in [0.25, 0.3) is 0 Å². The van der Waals surface area contributed by atoms with Crippen molar-refractivity contribution in [2.75, 3.05) is 12.3 Å². The molecule has 118 valence electrons. The van der Waals surface area contributed by atoms with Crippen LogP contribution in [0.25, 0.3) is 5.69 Å². The van der Waals surface area contributed by atoms with Gasteiger partial charge in [-0.2, -0.15) is 5.26 Å². The Hall–Kier alpha value is -3.18. The lowest BCUT2D eigenvalue weighted by Crippen LogP contribution is -2.36. The molecular formula is C15H16N6O2. The van der Waals surface area contributed by atoms with Crippen molar-refractivity contribution >= 4 is 5.82 Å². The zero-order valence-corrected chi connectivity index (χ0v) is 12.2. The van der Waals surface area contributed by atoms with Gasteiger partial charge >= 0.3 is 5.69 Å². The second-order valence-electron chi connectivity index (χ2n) is 5.06. The maximum absolute atomic E-state index is 12.4. The van der Waals surface area contributed by atoms with E-state index in [1.165, 1.54) is 4.57 Å². The van der Waals surface area contributed by atoms with E-state index in [-0.39, 0.29) is 24.5 Å². The molecule has 23 heavy (non-hydrogen) atoms. The van der Waals surface area contributed by atoms with Gasteiger partial charge in [0.05, 0.1) is 23.5 Å². The van der Waals surface area contributed by atoms with Gasteiger partial charge < -0.3 is 21.5 Å². The summed E-state index contributed by atoms with van der Waals surface area (Å²) in [6, 6.07) is 8.86. The first kappa shape index (κ1) is 14.7. The van der Waals surface area contributed by atoms with E-state index in [9.17, 15) is 4.79 Å². The van der Waals surface area contributed by atoms with Gasteiger partial charge in [-0.25, -0.2) is 4.79 Å². The number of anilines is 1. The van der Waals surface area contributed by atoms with Gasteiger partial charge in [0.15, 0.2) is 6.61 Å². The van der Waals surface area contributed by atoms with Crippen LogP contribution in [0.15, 0.2) is 41.3 Å². The first-order valence-corrected chi connectivity index (χ1v) is 7.01. The molecule has 2 aromatic rings. The molecule has 0 radical (unpaired) electrons. The number of benzene rings is 1. The summed E-state index contributed by atoms with van der Waals surface area (Å²) >= 11 is 0. The summed E-state index contributed by atoms with van der Waals surface area (Å²) < 4.78 is 6.84. The predicted octanol–water partition coefficient (Wildman–Crippen LogP) is 0.135. The molecule has 0 saturated carbocycles. The number of para-hydroxylation sites is 2. The smallest absolute Gasteiger partial charge is 0.332 e. The number of nitriles is 1. The van der Waals surface area contributed by atoms with Gasteiger partial charge in [0.2, 0.25) is 0 Å². The van der Waals surface area contributed by atoms with Crippen molar-refractivity contribution in [1.29, 1.82) is 5.26 Å². The highest BCUT2D eigenvalue weighted by Gasteiger charge is 2.29. The molecule has 0 aliphatic carbocycles. The fourth-order valence-electron chi connectivity index (χ4n) is 2.66. The monoisotopic (exact) mass is 312 g/mol. The van der Waals surface area contributed by atoms with E-state index < -0.39 is 5.69 Å². The maximum Gasteiger partial charge on any atom is 0.332 e. The fraction of sp³-hybridized carbons (Fsp3) is 0.200. The Balaban J connectivity index is 2.16. The van der Waals surface area contributed by atoms with Crippen molar-refractivity contribution in [3.05, 3.63) is 52.7 Å². The molecule has 0 saturated heterocycles. The molecule has 2 unspecified atom stereocenters. The fourth-order valence-corrected chi connectivity index (χ4v) is 2.66. The molecule has 1 aromatic carbocycles. The quantitative estimate of drug-likeness (QED) is 0.634. The Morgan fingerprint density at radius 3 is 2.87 bits per heavy atom. The standard InChI is InChI=1S/C15H16N6O2/c16-6-8-23-11-4-2-1-3-10(11)21-12(14(18)20-15(21)22)9-5-7-19-13(9)17/h1-5,7,9,13,19H,8,17-18H2,(H,20,22). The van der Waals surface area contributed by atoms with E-state index in [0.717, 1.165) is 0 Å². The van der Waals surface area contributed by atoms with Crippen LogP contribution in [0.1, 0.15) is 11.6 Å². The number of rotatable bonds is 4. The summed E-state index contributed by atoms with van der Waals surface area (Å²) in [6.07, 6.45) is 3.19. The van der Waals surface area contributed by atoms with Crippen molar-refractivity contribution in [2.24, 2.45) is 5.73 Å². The van der Waals surface area contributed by atoms with E-state index in [1.807, 2.05) is 12.1 Å². The summed E-state index contributed by atoms with van der Waals surface area (Å²) in [5.74, 6) is 0.400. The highest BCUT2D eigenvalue weighted by molar-refractivity contribution is 5.53. The summed E-state index contributed by atoms with van der Waals surface area (Å²) in [7, 11) is 0. The van der Waals surface area contributed by atoms with E-state index >= 15 is 0 Å². The third kappa shape index (κ3) is 2.54. The van der Waals surface area contributed by atoms with Gasteiger partial charge in [-0.1, -0.05) is 18.2 Å². The third-order valence-electron chi connectivity index (χ3n) is 3.65. The minimum absolute atomic E-state index is 0.120. The highest BCUT2D eigenvalue weighted by atomic mass is 16.5. The van der Waals surface area contributed by atoms with Crippen molar-refractivity contribution in [1.82, 2.24) is 14.9 Å². The first-order chi connectivity index (χ1) is 11.1. The average molecular weight is 312 g/mol. The summed E-state index contributed by atoms with van der Waals surface area (Å²) in [5.41, 5.74) is 12.7. The number of ether oxygens (including phenoxy) is 1. The molecule has 0 amide bonds. The Morgan fingerprint density at radius 1 is 1.39 bits per heavy atom. The van der Waals surface area contributed by atoms with Crippen LogP contribution in [-0.2, 0) is 0 Å². The Labute approximate surface area is 132 Å². The van der Waals surface area contributed by atoms with Gasteiger partial charge in [0, 0.05) is 0 Å². The van der Waals surface area contributed by atoms with Crippen LogP contribution < -0.4 is 27.2 Å². The predicted molar refractivity (Wildman–Crippen MR) is 84.9 cm³/mol. The molecular weight excluding hydrogens is 296 g/mol. The molecule has 2 heterocycles. The Bertz CT molecular complexity index is 844. The number of hydrogen-bond donors (Lipinski definition) is 4. The van der Waals surface area contributed by atoms with Crippen molar-refractivity contribution < 1.29 is 4.74 Å². The minimum atomic E-state index is -0.391. The number of nitrogens with zero attached hydrogens (tertiary/aromatic N) is 2. The van der Waals surface area contributed by atoms with Gasteiger partial charge in [0.1, 0.15) is 17.6 Å². The summed E-state index contributed by atoms with van der Waals surface area (Å²) in [5, 5.41) is 11.7. The number of aromatic nitrogens is 2. The topological polar surface area (TPSA) is 135 Å². The normalized spacial score (nSPS) is 19.3. The molecule has 8 nitrogen and oxygen atoms in total. The molecule has 2 atom stereocenters. The number of hydrogen-bond acceptors (Lipinski definition) is 6. The van der Waals surface area contributed by atoms with Crippen LogP contribution in [-0.4, -0.2) is 22.3 Å². The molecule has 0 spiro atoms. The minimum Gasteiger partial charge on any atom is -0.477 e. The van der Waals surface area contributed by atoms with Crippen LogP contribution in [0, 0.1) is 11.3 Å². The third-order valence-corrected chi connectivity index (χ3v) is 3.65. The molecule has 0 bridgehead atoms. The SMILES string of the molecule is N#CCOc1ccccc1-n1c(C2C=CNC2N)c(N)[nH]c1=O. The van der Waals surface area contributed by atoms with Crippen molar-refractivity contribution in [3.8, 4) is 17.5 Å². The van der Waals surface area contributed by atoms with Gasteiger partial charge in [-0.15, -0.1) is 0 Å². The molecule has 1 aliphatic rings.